The number of piperidine rings is 1. The van der Waals surface area contributed by atoms with Crippen LogP contribution in [0.2, 0.25) is 0 Å². The summed E-state index contributed by atoms with van der Waals surface area (Å²) < 4.78 is 28.7. The van der Waals surface area contributed by atoms with Gasteiger partial charge in [0.05, 0.1) is 11.5 Å². The summed E-state index contributed by atoms with van der Waals surface area (Å²) in [5, 5.41) is 3.36. The maximum atomic E-state index is 12.5. The van der Waals surface area contributed by atoms with E-state index in [2.05, 4.69) is 12.2 Å². The summed E-state index contributed by atoms with van der Waals surface area (Å²) in [7, 11) is -1.40. The van der Waals surface area contributed by atoms with E-state index >= 15 is 0 Å². The molecule has 0 aromatic heterocycles. The van der Waals surface area contributed by atoms with E-state index in [9.17, 15) is 13.2 Å². The van der Waals surface area contributed by atoms with Gasteiger partial charge in [0.1, 0.15) is 5.75 Å². The molecule has 1 aliphatic heterocycles. The quantitative estimate of drug-likeness (QED) is 0.704. The third kappa shape index (κ3) is 6.78. The lowest BCUT2D eigenvalue weighted by Gasteiger charge is -2.30. The minimum absolute atomic E-state index is 0. The molecule has 1 aliphatic rings. The smallest absolute Gasteiger partial charge is 0.225 e. The van der Waals surface area contributed by atoms with Gasteiger partial charge in [0.2, 0.25) is 5.91 Å². The van der Waals surface area contributed by atoms with Crippen molar-refractivity contribution in [3.8, 4) is 5.75 Å². The Labute approximate surface area is 162 Å². The fourth-order valence-electron chi connectivity index (χ4n) is 3.06. The van der Waals surface area contributed by atoms with Gasteiger partial charge in [-0.15, -0.1) is 12.4 Å². The molecule has 1 aromatic carbocycles. The zero-order valence-electron chi connectivity index (χ0n) is 15.6. The van der Waals surface area contributed by atoms with E-state index in [0.29, 0.717) is 31.4 Å². The van der Waals surface area contributed by atoms with Crippen molar-refractivity contribution in [3.63, 3.8) is 0 Å². The fraction of sp³-hybridized carbons (Fsp3) is 0.611. The Kier molecular flexibility index (Phi) is 8.86. The van der Waals surface area contributed by atoms with Gasteiger partial charge in [-0.2, -0.15) is 0 Å². The summed E-state index contributed by atoms with van der Waals surface area (Å²) in [5.74, 6) is 0.838. The number of ether oxygens (including phenoxy) is 1. The van der Waals surface area contributed by atoms with Gasteiger partial charge in [0, 0.05) is 31.8 Å². The predicted molar refractivity (Wildman–Crippen MR) is 105 cm³/mol. The molecule has 148 valence electrons. The average Bonchev–Trinajstić information content (AvgIpc) is 2.57. The number of carbonyl (C=O) groups excluding carboxylic acids is 1. The monoisotopic (exact) mass is 404 g/mol. The molecule has 1 heterocycles. The molecule has 2 rings (SSSR count). The molecule has 1 amide bonds. The van der Waals surface area contributed by atoms with Crippen LogP contribution >= 0.6 is 12.4 Å². The topological polar surface area (TPSA) is 75.7 Å². The molecular formula is C18H29ClN2O4S. The number of nitrogens with one attached hydrogen (secondary N) is 1. The Bertz CT molecular complexity index is 696. The first-order valence-corrected chi connectivity index (χ1v) is 10.6. The molecule has 0 aliphatic carbocycles. The van der Waals surface area contributed by atoms with Crippen LogP contribution in [0.1, 0.15) is 26.2 Å². The molecule has 1 aromatic rings. The van der Waals surface area contributed by atoms with E-state index in [-0.39, 0.29) is 29.1 Å². The Morgan fingerprint density at radius 1 is 1.38 bits per heavy atom. The van der Waals surface area contributed by atoms with Crippen LogP contribution in [0.15, 0.2) is 29.2 Å². The molecule has 0 saturated carbocycles. The van der Waals surface area contributed by atoms with Gasteiger partial charge in [-0.05, 0) is 50.9 Å². The highest BCUT2D eigenvalue weighted by Gasteiger charge is 2.26. The average molecular weight is 405 g/mol. The first-order valence-electron chi connectivity index (χ1n) is 8.68. The first kappa shape index (κ1) is 22.7. The molecule has 2 atom stereocenters. The Morgan fingerprint density at radius 2 is 2.12 bits per heavy atom. The van der Waals surface area contributed by atoms with Gasteiger partial charge in [-0.3, -0.25) is 4.79 Å². The van der Waals surface area contributed by atoms with Gasteiger partial charge in [-0.25, -0.2) is 8.42 Å². The van der Waals surface area contributed by atoms with Crippen molar-refractivity contribution in [1.82, 2.24) is 10.2 Å². The molecule has 8 heteroatoms. The Morgan fingerprint density at radius 3 is 2.77 bits per heavy atom. The van der Waals surface area contributed by atoms with Crippen molar-refractivity contribution in [3.05, 3.63) is 24.3 Å². The lowest BCUT2D eigenvalue weighted by Crippen LogP contribution is -2.43. The Hall–Kier alpha value is -1.31. The second-order valence-corrected chi connectivity index (χ2v) is 8.80. The third-order valence-electron chi connectivity index (χ3n) is 4.49. The minimum Gasteiger partial charge on any atom is -0.493 e. The van der Waals surface area contributed by atoms with E-state index in [4.69, 9.17) is 4.74 Å². The van der Waals surface area contributed by atoms with Crippen molar-refractivity contribution in [2.24, 2.45) is 5.92 Å². The number of hydrogen-bond acceptors (Lipinski definition) is 5. The molecule has 1 N–H and O–H groups in total. The molecule has 1 fully saturated rings. The highest BCUT2D eigenvalue weighted by atomic mass is 35.5. The molecule has 1 saturated heterocycles. The molecule has 6 nitrogen and oxygen atoms in total. The van der Waals surface area contributed by atoms with Crippen molar-refractivity contribution in [2.45, 2.75) is 37.1 Å². The molecule has 26 heavy (non-hydrogen) atoms. The van der Waals surface area contributed by atoms with Gasteiger partial charge in [0.25, 0.3) is 0 Å². The summed E-state index contributed by atoms with van der Waals surface area (Å²) in [6, 6.07) is 6.87. The number of amides is 1. The minimum atomic E-state index is -3.24. The highest BCUT2D eigenvalue weighted by Crippen LogP contribution is 2.19. The van der Waals surface area contributed by atoms with E-state index in [1.165, 1.54) is 12.3 Å². The fourth-order valence-corrected chi connectivity index (χ4v) is 3.72. The second kappa shape index (κ2) is 10.1. The maximum absolute atomic E-state index is 12.5. The standard InChI is InChI=1S/C18H28N2O4S.ClH/c1-14-12-15(8-9-19-14)18(21)20(2)10-5-11-24-16-6-4-7-17(13-16)25(3,22)23;/h4,6-7,13-15,19H,5,8-12H2,1-3H3;1H/t14-,15-;/m0./s1. The second-order valence-electron chi connectivity index (χ2n) is 6.79. The van der Waals surface area contributed by atoms with Gasteiger partial charge in [0.15, 0.2) is 9.84 Å². The number of carbonyl (C=O) groups is 1. The largest absolute Gasteiger partial charge is 0.493 e. The number of nitrogens with zero attached hydrogens (tertiary/aromatic N) is 1. The van der Waals surface area contributed by atoms with Crippen molar-refractivity contribution < 1.29 is 17.9 Å². The van der Waals surface area contributed by atoms with Crippen LogP contribution in [-0.2, 0) is 14.6 Å². The maximum Gasteiger partial charge on any atom is 0.225 e. The lowest BCUT2D eigenvalue weighted by atomic mass is 9.92. The number of hydrogen-bond donors (Lipinski definition) is 1. The molecule has 0 spiro atoms. The summed E-state index contributed by atoms with van der Waals surface area (Å²) >= 11 is 0. The summed E-state index contributed by atoms with van der Waals surface area (Å²) in [4.78, 5) is 14.5. The molecular weight excluding hydrogens is 376 g/mol. The molecule has 0 radical (unpaired) electrons. The van der Waals surface area contributed by atoms with Crippen molar-refractivity contribution in [1.29, 1.82) is 0 Å². The summed E-state index contributed by atoms with van der Waals surface area (Å²) in [6.45, 7) is 4.07. The van der Waals surface area contributed by atoms with Gasteiger partial charge < -0.3 is 15.0 Å². The number of halogens is 1. The predicted octanol–water partition coefficient (Wildman–Crippen LogP) is 2.13. The normalized spacial score (nSPS) is 20.1. The SMILES string of the molecule is C[C@H]1C[C@@H](C(=O)N(C)CCCOc2cccc(S(C)(=O)=O)c2)CCN1.Cl. The number of rotatable bonds is 7. The van der Waals surface area contributed by atoms with Crippen LogP contribution in [0.3, 0.4) is 0 Å². The van der Waals surface area contributed by atoms with E-state index in [1.54, 1.807) is 23.1 Å². The number of benzene rings is 1. The zero-order valence-corrected chi connectivity index (χ0v) is 17.2. The zero-order chi connectivity index (χ0) is 18.4. The summed E-state index contributed by atoms with van der Waals surface area (Å²) in [6.07, 6.45) is 3.65. The van der Waals surface area contributed by atoms with Crippen LogP contribution in [0.5, 0.6) is 5.75 Å². The summed E-state index contributed by atoms with van der Waals surface area (Å²) in [5.41, 5.74) is 0. The van der Waals surface area contributed by atoms with Crippen molar-refractivity contribution in [2.75, 3.05) is 33.0 Å². The van der Waals surface area contributed by atoms with E-state index < -0.39 is 9.84 Å². The highest BCUT2D eigenvalue weighted by molar-refractivity contribution is 7.90. The molecule has 0 bridgehead atoms. The van der Waals surface area contributed by atoms with E-state index in [0.717, 1.165) is 19.4 Å². The van der Waals surface area contributed by atoms with Crippen LogP contribution in [0.4, 0.5) is 0 Å². The van der Waals surface area contributed by atoms with Crippen molar-refractivity contribution >= 4 is 28.2 Å². The first-order chi connectivity index (χ1) is 11.8. The van der Waals surface area contributed by atoms with Crippen LogP contribution in [0.25, 0.3) is 0 Å². The van der Waals surface area contributed by atoms with Crippen LogP contribution < -0.4 is 10.1 Å². The third-order valence-corrected chi connectivity index (χ3v) is 5.60. The van der Waals surface area contributed by atoms with E-state index in [1.807, 2.05) is 7.05 Å². The van der Waals surface area contributed by atoms with Crippen LogP contribution in [0, 0.1) is 5.92 Å². The Balaban J connectivity index is 0.00000338. The van der Waals surface area contributed by atoms with Gasteiger partial charge >= 0.3 is 0 Å². The lowest BCUT2D eigenvalue weighted by molar-refractivity contribution is -0.135. The number of sulfone groups is 1. The van der Waals surface area contributed by atoms with Crippen LogP contribution in [-0.4, -0.2) is 58.3 Å². The van der Waals surface area contributed by atoms with Gasteiger partial charge in [-0.1, -0.05) is 6.07 Å². The molecule has 0 unspecified atom stereocenters.